The lowest BCUT2D eigenvalue weighted by atomic mass is 10.0. The molecule has 9 aliphatic heterocycles. The first-order chi connectivity index (χ1) is 65.6. The van der Waals surface area contributed by atoms with Crippen LogP contribution in [0.1, 0.15) is 128 Å². The van der Waals surface area contributed by atoms with Crippen molar-refractivity contribution >= 4 is 39.8 Å². The van der Waals surface area contributed by atoms with E-state index in [4.69, 9.17) is 0 Å². The van der Waals surface area contributed by atoms with Gasteiger partial charge in [-0.15, -0.1) is 52.7 Å². The van der Waals surface area contributed by atoms with E-state index in [9.17, 15) is 92.2 Å². The van der Waals surface area contributed by atoms with Gasteiger partial charge in [-0.2, -0.15) is 39.5 Å². The van der Waals surface area contributed by atoms with Gasteiger partial charge in [-0.3, -0.25) is 14.7 Å². The van der Waals surface area contributed by atoms with Crippen molar-refractivity contribution in [3.63, 3.8) is 0 Å². The van der Waals surface area contributed by atoms with Crippen LogP contribution < -0.4 is 53.2 Å². The summed E-state index contributed by atoms with van der Waals surface area (Å²) in [6, 6.07) is 35.3. The van der Waals surface area contributed by atoms with Crippen molar-refractivity contribution in [3.05, 3.63) is 183 Å². The zero-order valence-corrected chi connectivity index (χ0v) is 83.7. The van der Waals surface area contributed by atoms with Crippen molar-refractivity contribution in [1.29, 1.82) is 0 Å². The number of piperidine rings is 1. The van der Waals surface area contributed by atoms with E-state index in [1.54, 1.807) is 48.5 Å². The Hall–Kier alpha value is -9.41. The van der Waals surface area contributed by atoms with E-state index < -0.39 is 60.7 Å². The second-order valence-corrected chi connectivity index (χ2v) is 39.3. The molecule has 0 radical (unpaired) electrons. The molecule has 7 aromatic carbocycles. The lowest BCUT2D eigenvalue weighted by Crippen LogP contribution is -2.49. The number of hydrogen-bond donors (Lipinski definition) is 0. The van der Waals surface area contributed by atoms with Crippen molar-refractivity contribution < 1.29 is 111 Å². The molecular weight excluding hydrogens is 1880 g/mol. The maximum Gasteiger partial charge on any atom is 0.573 e. The van der Waals surface area contributed by atoms with Crippen molar-refractivity contribution in [2.45, 2.75) is 213 Å². The molecule has 786 valence electrons. The zero-order valence-electron chi connectivity index (χ0n) is 83.7. The molecule has 0 saturated carbocycles. The topological polar surface area (TPSA) is 82.3 Å². The molecule has 0 aliphatic carbocycles. The van der Waals surface area contributed by atoms with Gasteiger partial charge in [-0.1, -0.05) is 6.92 Å². The van der Waals surface area contributed by atoms with Crippen LogP contribution in [-0.2, 0) is 18.5 Å². The fourth-order valence-electron chi connectivity index (χ4n) is 19.8. The Labute approximate surface area is 815 Å². The van der Waals surface area contributed by atoms with Gasteiger partial charge in [-0.25, -0.2) is 0 Å². The Morgan fingerprint density at radius 3 is 1.06 bits per heavy atom. The lowest BCUT2D eigenvalue weighted by Gasteiger charge is -2.38. The number of likely N-dealkylation sites (tertiary alicyclic amines) is 5. The van der Waals surface area contributed by atoms with Gasteiger partial charge in [0, 0.05) is 225 Å². The molecular formula is C102H137F21N14O4. The molecule has 0 amide bonds. The molecule has 9 aliphatic rings. The first-order valence-electron chi connectivity index (χ1n) is 47.8. The van der Waals surface area contributed by atoms with Crippen LogP contribution >= 0.6 is 0 Å². The van der Waals surface area contributed by atoms with Crippen molar-refractivity contribution in [1.82, 2.24) is 34.3 Å². The van der Waals surface area contributed by atoms with Crippen LogP contribution in [0, 0.1) is 48.5 Å². The normalized spacial score (nSPS) is 20.5. The van der Waals surface area contributed by atoms with E-state index in [2.05, 4.69) is 108 Å². The average molecular weight is 2020 g/mol. The number of anilines is 7. The lowest BCUT2D eigenvalue weighted by molar-refractivity contribution is -0.275. The minimum Gasteiger partial charge on any atom is -0.406 e. The summed E-state index contributed by atoms with van der Waals surface area (Å²) in [7, 11) is 15.8. The molecule has 9 heterocycles. The number of nitrogens with zero attached hydrogens (tertiary/aromatic N) is 14. The third kappa shape index (κ3) is 34.9. The molecule has 39 heteroatoms. The van der Waals surface area contributed by atoms with Crippen molar-refractivity contribution in [3.8, 4) is 23.0 Å². The fourth-order valence-corrected chi connectivity index (χ4v) is 19.8. The van der Waals surface area contributed by atoms with Crippen LogP contribution in [0.2, 0.25) is 0 Å². The molecule has 9 saturated heterocycles. The number of halogens is 21. The average Bonchev–Trinajstić information content (AvgIpc) is 1.62. The van der Waals surface area contributed by atoms with E-state index in [-0.39, 0.29) is 23.0 Å². The van der Waals surface area contributed by atoms with Crippen LogP contribution in [-0.4, -0.2) is 289 Å². The fraction of sp³-hybridized carbons (Fsp3) is 0.588. The minimum absolute atomic E-state index is 0.151. The first-order valence-corrected chi connectivity index (χ1v) is 47.8. The smallest absolute Gasteiger partial charge is 0.406 e. The summed E-state index contributed by atoms with van der Waals surface area (Å²) in [5.41, 5.74) is 8.56. The Morgan fingerprint density at radius 2 is 0.695 bits per heavy atom. The SMILES string of the molecule is CCCN1CC2CC1CN2c1cc(C)cc(C(F)(F)F)c1.Cc1cc(N2CC3CC2CN3C(C)C)cc(C(F)(F)F)c1.Cc1cc(N2CC3CC2CN3C)cc(C(F)(F)F)c1.Cc1cc(OC(F)(F)F)cc(N(C)C2CCN(C)CC2)c1.Cc1cc(OC(F)(F)F)cc(N(C)CCN(C)C)c1.Cc1cc(OC(F)(F)F)cc(N(C)CCN2CCCC2)c1.Cc1cc(OC(F)(F)F)cc(N2CCN(C)CC2)c1. The third-order valence-electron chi connectivity index (χ3n) is 26.8. The van der Waals surface area contributed by atoms with Gasteiger partial charge < -0.3 is 72.8 Å². The molecule has 9 fully saturated rings. The number of alkyl halides is 21. The second-order valence-electron chi connectivity index (χ2n) is 39.3. The molecule has 6 unspecified atom stereocenters. The minimum atomic E-state index is -4.66. The monoisotopic (exact) mass is 2020 g/mol. The molecule has 6 atom stereocenters. The number of rotatable bonds is 21. The van der Waals surface area contributed by atoms with E-state index in [1.807, 2.05) is 99.5 Å². The van der Waals surface area contributed by atoms with Crippen LogP contribution in [0.5, 0.6) is 23.0 Å². The third-order valence-corrected chi connectivity index (χ3v) is 26.8. The number of benzene rings is 7. The Balaban J connectivity index is 0.000000169. The van der Waals surface area contributed by atoms with Gasteiger partial charge in [-0.05, 0) is 324 Å². The van der Waals surface area contributed by atoms with E-state index >= 15 is 0 Å². The van der Waals surface area contributed by atoms with Crippen LogP contribution in [0.4, 0.5) is 132 Å². The summed E-state index contributed by atoms with van der Waals surface area (Å²) < 4.78 is 280. The molecule has 0 spiro atoms. The van der Waals surface area contributed by atoms with Crippen LogP contribution in [0.25, 0.3) is 0 Å². The molecule has 16 rings (SSSR count). The van der Waals surface area contributed by atoms with Gasteiger partial charge in [0.1, 0.15) is 23.0 Å². The highest BCUT2D eigenvalue weighted by Crippen LogP contribution is 2.45. The second kappa shape index (κ2) is 48.1. The summed E-state index contributed by atoms with van der Waals surface area (Å²) in [5.74, 6) is -0.650. The van der Waals surface area contributed by atoms with Gasteiger partial charge in [0.2, 0.25) is 0 Å². The van der Waals surface area contributed by atoms with Gasteiger partial charge in [0.05, 0.1) is 16.7 Å². The number of likely N-dealkylation sites (N-methyl/N-ethyl adjacent to an activating group) is 5. The molecule has 0 N–H and O–H groups in total. The predicted molar refractivity (Wildman–Crippen MR) is 514 cm³/mol. The number of fused-ring (bicyclic) bond motifs is 6. The van der Waals surface area contributed by atoms with Crippen LogP contribution in [0.15, 0.2) is 127 Å². The molecule has 7 aromatic rings. The largest absolute Gasteiger partial charge is 0.573 e. The molecule has 6 bridgehead atoms. The van der Waals surface area contributed by atoms with E-state index in [0.717, 1.165) is 214 Å². The zero-order chi connectivity index (χ0) is 104. The highest BCUT2D eigenvalue weighted by atomic mass is 19.4. The maximum absolute atomic E-state index is 13.0. The summed E-state index contributed by atoms with van der Waals surface area (Å²) in [6.45, 7) is 36.2. The number of ether oxygens (including phenoxy) is 4. The first kappa shape index (κ1) is 114. The predicted octanol–water partition coefficient (Wildman–Crippen LogP) is 22.7. The van der Waals surface area contributed by atoms with Gasteiger partial charge in [0.25, 0.3) is 0 Å². The Morgan fingerprint density at radius 1 is 0.340 bits per heavy atom. The maximum atomic E-state index is 13.0. The molecule has 0 aromatic heterocycles. The quantitative estimate of drug-likeness (QED) is 0.0640. The molecule has 141 heavy (non-hydrogen) atoms. The van der Waals surface area contributed by atoms with Crippen LogP contribution in [0.3, 0.4) is 0 Å². The molecule has 18 nitrogen and oxygen atoms in total. The summed E-state index contributed by atoms with van der Waals surface area (Å²) in [6.07, 6.45) is -22.6. The van der Waals surface area contributed by atoms with Crippen molar-refractivity contribution in [2.24, 2.45) is 0 Å². The summed E-state index contributed by atoms with van der Waals surface area (Å²) in [5, 5.41) is 0. The highest BCUT2D eigenvalue weighted by molar-refractivity contribution is 5.60. The summed E-state index contributed by atoms with van der Waals surface area (Å²) in [4.78, 5) is 30.5. The van der Waals surface area contributed by atoms with E-state index in [0.29, 0.717) is 76.4 Å². The Bertz CT molecular complexity index is 5130. The highest BCUT2D eigenvalue weighted by Gasteiger charge is 2.48. The summed E-state index contributed by atoms with van der Waals surface area (Å²) >= 11 is 0. The van der Waals surface area contributed by atoms with E-state index in [1.165, 1.54) is 97.8 Å². The number of piperazine rings is 4. The number of hydrogen-bond acceptors (Lipinski definition) is 18. The van der Waals surface area contributed by atoms with Gasteiger partial charge >= 0.3 is 44.0 Å². The Kier molecular flexibility index (Phi) is 38.7. The standard InChI is InChI=1S/2C16H21F3N2.2C15H21F3N2O.C14H17F3N2.C13H17F3N2O.C13H19F3N2O/c1-10(2)20-8-15-7-14(20)9-21(15)13-5-11(3)4-12(6-13)16(17,18)19;1-3-4-20-9-15-8-14(20)10-21(15)13-6-11(2)5-12(7-13)16(17,18)19;1-11-8-13(10-14(9-11)21-15(16,17)18)20(3)12-4-6-19(2)7-5-12;1-12-9-13(11-14(10-12)21-15(16,17)18)19(2)7-8-20-5-3-4-6-20;1-9-3-10(14(15,16)17)5-11(4-9)19-8-12-6-13(19)7-18(12)2;1-10-7-11(18-5-3-17(2)4-6-18)9-12(8-10)19-13(14,15)16;1-10-7-11(18(4)6-5-17(2)3)9-12(8-10)19-13(14,15)16/h4-6,10,14-15H,7-9H2,1-3H3;5-7,14-15H,3-4,8-10H2,1-2H3;8-10,12H,4-7H2,1-3H3;9-11H,3-8H2,1-2H3;3-5,12-13H,6-8H2,1-2H3;7-9H,3-6H2,1-2H3;7-9H,5-6H2,1-4H3. The van der Waals surface area contributed by atoms with Crippen molar-refractivity contribution in [2.75, 3.05) is 215 Å². The van der Waals surface area contributed by atoms with Gasteiger partial charge in [0.15, 0.2) is 0 Å². The number of aryl methyl sites for hydroxylation is 7.